The number of nitrogens with one attached hydrogen (secondary N) is 2. The molecule has 0 spiro atoms. The Bertz CT molecular complexity index is 1090. The van der Waals surface area contributed by atoms with Crippen LogP contribution in [0.5, 0.6) is 17.4 Å². The van der Waals surface area contributed by atoms with Gasteiger partial charge in [0.25, 0.3) is 5.91 Å². The number of benzene rings is 2. The number of halogens is 3. The highest BCUT2D eigenvalue weighted by atomic mass is 19.4. The molecule has 0 fully saturated rings. The first kappa shape index (κ1) is 20.3. The van der Waals surface area contributed by atoms with Crippen molar-refractivity contribution in [3.05, 3.63) is 65.9 Å². The average Bonchev–Trinajstić information content (AvgIpc) is 3.21. The van der Waals surface area contributed by atoms with E-state index in [1.807, 2.05) is 0 Å². The van der Waals surface area contributed by atoms with Crippen molar-refractivity contribution in [2.45, 2.75) is 6.18 Å². The molecule has 0 saturated heterocycles. The van der Waals surface area contributed by atoms with E-state index in [1.165, 1.54) is 0 Å². The highest BCUT2D eigenvalue weighted by Gasteiger charge is 2.36. The molecule has 3 aromatic rings. The largest absolute Gasteiger partial charge is 0.456 e. The zero-order valence-electron chi connectivity index (χ0n) is 15.8. The predicted octanol–water partition coefficient (Wildman–Crippen LogP) is 3.73. The summed E-state index contributed by atoms with van der Waals surface area (Å²) in [4.78, 5) is 19.6. The molecule has 8 nitrogen and oxygen atoms in total. The quantitative estimate of drug-likeness (QED) is 0.573. The van der Waals surface area contributed by atoms with Gasteiger partial charge in [0.2, 0.25) is 18.6 Å². The molecular weight excluding hydrogens is 417 g/mol. The second-order valence-corrected chi connectivity index (χ2v) is 6.26. The van der Waals surface area contributed by atoms with Gasteiger partial charge < -0.3 is 24.8 Å². The summed E-state index contributed by atoms with van der Waals surface area (Å²) >= 11 is 0. The van der Waals surface area contributed by atoms with Crippen molar-refractivity contribution in [2.24, 2.45) is 0 Å². The summed E-state index contributed by atoms with van der Waals surface area (Å²) in [5.41, 5.74) is -0.347. The summed E-state index contributed by atoms with van der Waals surface area (Å²) in [6.45, 7) is -0.431. The van der Waals surface area contributed by atoms with E-state index in [0.29, 0.717) is 28.9 Å². The minimum absolute atomic E-state index is 0.0856. The highest BCUT2D eigenvalue weighted by Crippen LogP contribution is 2.37. The van der Waals surface area contributed by atoms with Gasteiger partial charge in [0.05, 0.1) is 0 Å². The number of nitrogens with zero attached hydrogens (tertiary/aromatic N) is 2. The van der Waals surface area contributed by atoms with Crippen molar-refractivity contribution in [3.8, 4) is 17.4 Å². The van der Waals surface area contributed by atoms with Gasteiger partial charge in [0.15, 0.2) is 18.2 Å². The first-order valence-corrected chi connectivity index (χ1v) is 8.97. The lowest BCUT2D eigenvalue weighted by molar-refractivity contribution is -0.139. The molecule has 2 heterocycles. The minimum atomic E-state index is -4.74. The van der Waals surface area contributed by atoms with Crippen LogP contribution in [0.1, 0.15) is 15.9 Å². The van der Waals surface area contributed by atoms with E-state index in [-0.39, 0.29) is 12.7 Å². The molecule has 0 atom stereocenters. The van der Waals surface area contributed by atoms with Crippen LogP contribution >= 0.6 is 0 Å². The zero-order chi connectivity index (χ0) is 21.8. The summed E-state index contributed by atoms with van der Waals surface area (Å²) in [5, 5.41) is 5.17. The highest BCUT2D eigenvalue weighted by molar-refractivity contribution is 5.94. The van der Waals surface area contributed by atoms with Gasteiger partial charge in [0, 0.05) is 23.5 Å². The predicted molar refractivity (Wildman–Crippen MR) is 102 cm³/mol. The number of carbonyl (C=O) groups excluding carboxylic acids is 1. The number of rotatable bonds is 6. The Morgan fingerprint density at radius 1 is 1.10 bits per heavy atom. The molecule has 0 bridgehead atoms. The molecule has 1 aliphatic rings. The fraction of sp³-hybridized carbons (Fsp3) is 0.150. The molecule has 160 valence electrons. The summed E-state index contributed by atoms with van der Waals surface area (Å²) in [7, 11) is 0. The van der Waals surface area contributed by atoms with Crippen molar-refractivity contribution in [1.82, 2.24) is 15.3 Å². The topological polar surface area (TPSA) is 94.6 Å². The maximum absolute atomic E-state index is 13.3. The van der Waals surface area contributed by atoms with Crippen LogP contribution in [0.3, 0.4) is 0 Å². The summed E-state index contributed by atoms with van der Waals surface area (Å²) < 4.78 is 55.5. The van der Waals surface area contributed by atoms with Gasteiger partial charge in [-0.15, -0.1) is 0 Å². The van der Waals surface area contributed by atoms with Crippen molar-refractivity contribution >= 4 is 17.5 Å². The van der Waals surface area contributed by atoms with Gasteiger partial charge >= 0.3 is 6.18 Å². The lowest BCUT2D eigenvalue weighted by Crippen LogP contribution is -2.28. The number of aromatic nitrogens is 2. The number of hydrogen-bond acceptors (Lipinski definition) is 7. The normalized spacial score (nSPS) is 12.4. The zero-order valence-corrected chi connectivity index (χ0v) is 15.8. The Morgan fingerprint density at radius 2 is 1.87 bits per heavy atom. The summed E-state index contributed by atoms with van der Waals surface area (Å²) in [6, 6.07) is 13.1. The number of ether oxygens (including phenoxy) is 3. The van der Waals surface area contributed by atoms with Gasteiger partial charge in [-0.3, -0.25) is 4.79 Å². The Balaban J connectivity index is 1.49. The molecule has 2 N–H and O–H groups in total. The molecule has 4 rings (SSSR count). The lowest BCUT2D eigenvalue weighted by Gasteiger charge is -2.14. The van der Waals surface area contributed by atoms with Crippen LogP contribution in [0.2, 0.25) is 0 Å². The number of carbonyl (C=O) groups is 1. The second kappa shape index (κ2) is 8.38. The number of anilines is 2. The van der Waals surface area contributed by atoms with Crippen LogP contribution in [0.25, 0.3) is 0 Å². The molecule has 2 aromatic carbocycles. The van der Waals surface area contributed by atoms with Crippen LogP contribution < -0.4 is 24.8 Å². The molecule has 0 unspecified atom stereocenters. The first-order valence-electron chi connectivity index (χ1n) is 8.97. The van der Waals surface area contributed by atoms with Gasteiger partial charge in [-0.2, -0.15) is 18.2 Å². The fourth-order valence-corrected chi connectivity index (χ4v) is 2.70. The van der Waals surface area contributed by atoms with Crippen LogP contribution in [0.4, 0.5) is 24.8 Å². The Kier molecular flexibility index (Phi) is 5.48. The molecule has 11 heteroatoms. The van der Waals surface area contributed by atoms with Crippen molar-refractivity contribution in [3.63, 3.8) is 0 Å². The minimum Gasteiger partial charge on any atom is -0.456 e. The third kappa shape index (κ3) is 4.77. The number of hydrogen-bond donors (Lipinski definition) is 2. The van der Waals surface area contributed by atoms with Crippen molar-refractivity contribution < 1.29 is 32.2 Å². The summed E-state index contributed by atoms with van der Waals surface area (Å²) in [5.74, 6) is -0.314. The molecule has 31 heavy (non-hydrogen) atoms. The van der Waals surface area contributed by atoms with E-state index < -0.39 is 30.3 Å². The standard InChI is InChI=1S/C20H15F3N4O4/c21-20(22,23)14-9-24-19(26-13-6-7-15-16(8-13)31-11-30-15)27-18(14)29-10-25-17(28)12-4-2-1-3-5-12/h1-9H,10-11H2,(H,25,28)(H,24,26,27). The monoisotopic (exact) mass is 432 g/mol. The molecule has 0 radical (unpaired) electrons. The number of amides is 1. The van der Waals surface area contributed by atoms with Gasteiger partial charge in [0.1, 0.15) is 5.56 Å². The SMILES string of the molecule is O=C(NCOc1nc(Nc2ccc3c(c2)OCO3)ncc1C(F)(F)F)c1ccccc1. The van der Waals surface area contributed by atoms with E-state index >= 15 is 0 Å². The van der Waals surface area contributed by atoms with E-state index in [1.54, 1.807) is 48.5 Å². The third-order valence-corrected chi connectivity index (χ3v) is 4.17. The molecule has 1 aromatic heterocycles. The maximum Gasteiger partial charge on any atom is 0.423 e. The average molecular weight is 432 g/mol. The Morgan fingerprint density at radius 3 is 2.65 bits per heavy atom. The van der Waals surface area contributed by atoms with Gasteiger partial charge in [-0.05, 0) is 24.3 Å². The van der Waals surface area contributed by atoms with E-state index in [9.17, 15) is 18.0 Å². The number of fused-ring (bicyclic) bond motifs is 1. The van der Waals surface area contributed by atoms with Gasteiger partial charge in [-0.25, -0.2) is 4.98 Å². The Hall–Kier alpha value is -4.02. The smallest absolute Gasteiger partial charge is 0.423 e. The second-order valence-electron chi connectivity index (χ2n) is 6.26. The van der Waals surface area contributed by atoms with E-state index in [2.05, 4.69) is 20.6 Å². The van der Waals surface area contributed by atoms with E-state index in [4.69, 9.17) is 14.2 Å². The van der Waals surface area contributed by atoms with Gasteiger partial charge in [-0.1, -0.05) is 18.2 Å². The molecule has 1 amide bonds. The maximum atomic E-state index is 13.3. The third-order valence-electron chi connectivity index (χ3n) is 4.17. The lowest BCUT2D eigenvalue weighted by atomic mass is 10.2. The summed E-state index contributed by atoms with van der Waals surface area (Å²) in [6.07, 6.45) is -4.13. The molecule has 0 aliphatic carbocycles. The molecular formula is C20H15F3N4O4. The van der Waals surface area contributed by atoms with Crippen LogP contribution in [0, 0.1) is 0 Å². The molecule has 1 aliphatic heterocycles. The molecule has 0 saturated carbocycles. The van der Waals surface area contributed by atoms with Crippen LogP contribution in [0.15, 0.2) is 54.7 Å². The van der Waals surface area contributed by atoms with Crippen molar-refractivity contribution in [1.29, 1.82) is 0 Å². The van der Waals surface area contributed by atoms with Crippen LogP contribution in [-0.2, 0) is 6.18 Å². The van der Waals surface area contributed by atoms with Crippen LogP contribution in [-0.4, -0.2) is 29.4 Å². The van der Waals surface area contributed by atoms with Crippen molar-refractivity contribution in [2.75, 3.05) is 18.8 Å². The van der Waals surface area contributed by atoms with E-state index in [0.717, 1.165) is 0 Å². The number of alkyl halides is 3. The fourth-order valence-electron chi connectivity index (χ4n) is 2.70. The Labute approximate surface area is 174 Å². The first-order chi connectivity index (χ1) is 14.9.